The number of hydrogen-bond acceptors (Lipinski definition) is 5. The molecule has 0 saturated carbocycles. The van der Waals surface area contributed by atoms with Crippen LogP contribution in [0, 0.1) is 5.82 Å². The van der Waals surface area contributed by atoms with Crippen LogP contribution >= 0.6 is 0 Å². The molecule has 0 amide bonds. The summed E-state index contributed by atoms with van der Waals surface area (Å²) < 4.78 is 40.4. The Morgan fingerprint density at radius 2 is 1.62 bits per heavy atom. The fraction of sp³-hybridized carbons (Fsp3) is 0.0417. The molecule has 1 aromatic heterocycles. The highest BCUT2D eigenvalue weighted by atomic mass is 32.2. The van der Waals surface area contributed by atoms with Crippen molar-refractivity contribution in [2.75, 3.05) is 5.32 Å². The van der Waals surface area contributed by atoms with E-state index < -0.39 is 21.2 Å². The summed E-state index contributed by atoms with van der Waals surface area (Å²) in [6, 6.07) is 18.9. The van der Waals surface area contributed by atoms with Crippen LogP contribution in [0.2, 0.25) is 0 Å². The first-order valence-electron chi connectivity index (χ1n) is 9.77. The van der Waals surface area contributed by atoms with E-state index in [-0.39, 0.29) is 28.5 Å². The van der Waals surface area contributed by atoms with Crippen LogP contribution in [0.1, 0.15) is 11.1 Å². The molecule has 32 heavy (non-hydrogen) atoms. The summed E-state index contributed by atoms with van der Waals surface area (Å²) in [4.78, 5) is 13.6. The lowest BCUT2D eigenvalue weighted by atomic mass is 10.1. The van der Waals surface area contributed by atoms with Gasteiger partial charge in [0.15, 0.2) is 0 Å². The first kappa shape index (κ1) is 20.0. The van der Waals surface area contributed by atoms with Crippen molar-refractivity contribution >= 4 is 32.1 Å². The Hall–Kier alpha value is -3.91. The standard InChI is InChI=1S/C24H17FN2O4S/c25-16-11-9-15(10-12-16)13-27-20-7-3-1-5-17(20)23(28)22(24(27)29)19-14-32(30,31)21-8-4-2-6-18(21)26-19/h1-12,14,26,28H,13H2. The van der Waals surface area contributed by atoms with E-state index in [1.165, 1.54) is 22.8 Å². The number of sulfone groups is 1. The Morgan fingerprint density at radius 1 is 0.938 bits per heavy atom. The van der Waals surface area contributed by atoms with Crippen LogP contribution in [-0.2, 0) is 16.4 Å². The quantitative estimate of drug-likeness (QED) is 0.493. The maximum absolute atomic E-state index is 13.6. The first-order chi connectivity index (χ1) is 15.3. The Morgan fingerprint density at radius 3 is 2.41 bits per heavy atom. The highest BCUT2D eigenvalue weighted by Gasteiger charge is 2.28. The van der Waals surface area contributed by atoms with Crippen LogP contribution in [0.3, 0.4) is 0 Å². The second kappa shape index (κ2) is 7.35. The average Bonchev–Trinajstić information content (AvgIpc) is 2.78. The van der Waals surface area contributed by atoms with E-state index >= 15 is 0 Å². The molecule has 5 rings (SSSR count). The zero-order valence-electron chi connectivity index (χ0n) is 16.6. The predicted molar refractivity (Wildman–Crippen MR) is 121 cm³/mol. The van der Waals surface area contributed by atoms with Crippen LogP contribution in [0.15, 0.2) is 87.9 Å². The van der Waals surface area contributed by atoms with Crippen LogP contribution in [0.4, 0.5) is 10.1 Å². The van der Waals surface area contributed by atoms with Crippen molar-refractivity contribution in [2.45, 2.75) is 11.4 Å². The monoisotopic (exact) mass is 448 g/mol. The molecule has 0 radical (unpaired) electrons. The Bertz CT molecular complexity index is 1570. The summed E-state index contributed by atoms with van der Waals surface area (Å²) in [6.07, 6.45) is 0. The molecule has 2 N–H and O–H groups in total. The van der Waals surface area contributed by atoms with Crippen molar-refractivity contribution in [3.63, 3.8) is 0 Å². The first-order valence-corrected chi connectivity index (χ1v) is 11.3. The number of aromatic hydroxyl groups is 1. The minimum absolute atomic E-state index is 0.00944. The lowest BCUT2D eigenvalue weighted by molar-refractivity contribution is 0.477. The number of fused-ring (bicyclic) bond motifs is 2. The molecule has 0 fully saturated rings. The van der Waals surface area contributed by atoms with Gasteiger partial charge in [0.1, 0.15) is 17.1 Å². The fourth-order valence-corrected chi connectivity index (χ4v) is 5.20. The molecule has 6 nitrogen and oxygen atoms in total. The second-order valence-corrected chi connectivity index (χ2v) is 9.22. The molecular formula is C24H17FN2O4S. The number of benzene rings is 3. The van der Waals surface area contributed by atoms with Gasteiger partial charge in [0.25, 0.3) is 5.56 Å². The number of nitrogens with one attached hydrogen (secondary N) is 1. The fourth-order valence-electron chi connectivity index (χ4n) is 3.89. The molecule has 8 heteroatoms. The molecule has 0 atom stereocenters. The SMILES string of the molecule is O=c1c(C2=CS(=O)(=O)c3ccccc3N2)c(O)c2ccccc2n1Cc1ccc(F)cc1. The molecule has 1 aliphatic heterocycles. The van der Waals surface area contributed by atoms with Gasteiger partial charge in [-0.3, -0.25) is 4.79 Å². The molecular weight excluding hydrogens is 431 g/mol. The third-order valence-corrected chi connectivity index (χ3v) is 6.92. The minimum Gasteiger partial charge on any atom is -0.506 e. The number of anilines is 1. The number of rotatable bonds is 3. The lowest BCUT2D eigenvalue weighted by Crippen LogP contribution is -2.27. The lowest BCUT2D eigenvalue weighted by Gasteiger charge is -2.21. The number of halogens is 1. The van der Waals surface area contributed by atoms with Gasteiger partial charge in [-0.05, 0) is 42.0 Å². The topological polar surface area (TPSA) is 88.4 Å². The molecule has 3 aromatic carbocycles. The van der Waals surface area contributed by atoms with Gasteiger partial charge in [0, 0.05) is 5.39 Å². The molecule has 0 spiro atoms. The van der Waals surface area contributed by atoms with Crippen LogP contribution < -0.4 is 10.9 Å². The molecule has 160 valence electrons. The summed E-state index contributed by atoms with van der Waals surface area (Å²) in [6.45, 7) is 0.115. The average molecular weight is 448 g/mol. The third kappa shape index (κ3) is 3.25. The van der Waals surface area contributed by atoms with Gasteiger partial charge in [-0.1, -0.05) is 36.4 Å². The minimum atomic E-state index is -3.83. The van der Waals surface area contributed by atoms with Crippen molar-refractivity contribution in [2.24, 2.45) is 0 Å². The van der Waals surface area contributed by atoms with E-state index in [1.54, 1.807) is 54.6 Å². The third-order valence-electron chi connectivity index (χ3n) is 5.40. The Balaban J connectivity index is 1.75. The van der Waals surface area contributed by atoms with Gasteiger partial charge >= 0.3 is 0 Å². The van der Waals surface area contributed by atoms with E-state index in [0.29, 0.717) is 22.2 Å². The van der Waals surface area contributed by atoms with Crippen molar-refractivity contribution in [1.82, 2.24) is 4.57 Å². The summed E-state index contributed by atoms with van der Waals surface area (Å²) in [7, 11) is -3.83. The van der Waals surface area contributed by atoms with Gasteiger partial charge in [-0.15, -0.1) is 0 Å². The highest BCUT2D eigenvalue weighted by Crippen LogP contribution is 2.37. The van der Waals surface area contributed by atoms with E-state index in [1.807, 2.05) is 0 Å². The van der Waals surface area contributed by atoms with E-state index in [9.17, 15) is 22.7 Å². The molecule has 0 aliphatic carbocycles. The number of pyridine rings is 1. The van der Waals surface area contributed by atoms with Gasteiger partial charge < -0.3 is 15.0 Å². The van der Waals surface area contributed by atoms with E-state index in [0.717, 1.165) is 5.41 Å². The highest BCUT2D eigenvalue weighted by molar-refractivity contribution is 7.94. The Labute approximate surface area is 182 Å². The van der Waals surface area contributed by atoms with Gasteiger partial charge in [-0.25, -0.2) is 12.8 Å². The smallest absolute Gasteiger partial charge is 0.264 e. The number of hydrogen-bond donors (Lipinski definition) is 2. The summed E-state index contributed by atoms with van der Waals surface area (Å²) in [5.41, 5.74) is 0.746. The maximum atomic E-state index is 13.6. The van der Waals surface area contributed by atoms with Gasteiger partial charge in [0.2, 0.25) is 9.84 Å². The zero-order valence-corrected chi connectivity index (χ0v) is 17.4. The summed E-state index contributed by atoms with van der Waals surface area (Å²) in [5, 5.41) is 15.3. The molecule has 4 aromatic rings. The zero-order chi connectivity index (χ0) is 22.5. The maximum Gasteiger partial charge on any atom is 0.264 e. The van der Waals surface area contributed by atoms with Gasteiger partial charge in [-0.2, -0.15) is 0 Å². The molecule has 0 saturated heterocycles. The van der Waals surface area contributed by atoms with E-state index in [2.05, 4.69) is 5.32 Å². The van der Waals surface area contributed by atoms with Gasteiger partial charge in [0.05, 0.1) is 33.7 Å². The Kier molecular flexibility index (Phi) is 4.60. The van der Waals surface area contributed by atoms with Crippen LogP contribution in [-0.4, -0.2) is 18.1 Å². The molecule has 2 heterocycles. The van der Waals surface area contributed by atoms with E-state index in [4.69, 9.17) is 0 Å². The van der Waals surface area contributed by atoms with Crippen molar-refractivity contribution < 1.29 is 17.9 Å². The number of nitrogens with zero attached hydrogens (tertiary/aromatic N) is 1. The largest absolute Gasteiger partial charge is 0.506 e. The summed E-state index contributed by atoms with van der Waals surface area (Å²) in [5.74, 6) is -0.702. The number of para-hydroxylation sites is 2. The number of aromatic nitrogens is 1. The molecule has 1 aliphatic rings. The van der Waals surface area contributed by atoms with Crippen molar-refractivity contribution in [1.29, 1.82) is 0 Å². The molecule has 0 bridgehead atoms. The predicted octanol–water partition coefficient (Wildman–Crippen LogP) is 4.09. The second-order valence-electron chi connectivity index (χ2n) is 7.46. The van der Waals surface area contributed by atoms with Crippen molar-refractivity contribution in [3.8, 4) is 5.75 Å². The molecule has 0 unspecified atom stereocenters. The van der Waals surface area contributed by atoms with Crippen molar-refractivity contribution in [3.05, 3.63) is 106 Å². The summed E-state index contributed by atoms with van der Waals surface area (Å²) >= 11 is 0. The van der Waals surface area contributed by atoms with Crippen LogP contribution in [0.25, 0.3) is 16.6 Å². The normalized spacial score (nSPS) is 14.5. The van der Waals surface area contributed by atoms with Crippen LogP contribution in [0.5, 0.6) is 5.75 Å².